The van der Waals surface area contributed by atoms with Crippen molar-refractivity contribution in [2.75, 3.05) is 33.4 Å². The van der Waals surface area contributed by atoms with Crippen molar-refractivity contribution in [2.24, 2.45) is 11.3 Å². The van der Waals surface area contributed by atoms with Crippen molar-refractivity contribution in [3.63, 3.8) is 0 Å². The first-order valence-corrected chi connectivity index (χ1v) is 8.77. The molecular weight excluding hydrogens is 322 g/mol. The van der Waals surface area contributed by atoms with E-state index in [0.29, 0.717) is 26.2 Å². The van der Waals surface area contributed by atoms with Gasteiger partial charge in [0.05, 0.1) is 24.5 Å². The normalized spacial score (nSPS) is 29.8. The Morgan fingerprint density at radius 3 is 2.68 bits per heavy atom. The van der Waals surface area contributed by atoms with E-state index >= 15 is 0 Å². The van der Waals surface area contributed by atoms with Gasteiger partial charge in [-0.3, -0.25) is 9.59 Å². The van der Waals surface area contributed by atoms with Crippen molar-refractivity contribution in [1.82, 2.24) is 4.90 Å². The van der Waals surface area contributed by atoms with Crippen molar-refractivity contribution >= 4 is 11.9 Å². The maximum atomic E-state index is 13.3. The Labute approximate surface area is 146 Å². The summed E-state index contributed by atoms with van der Waals surface area (Å²) >= 11 is 0. The number of nitrogens with zero attached hydrogens (tertiary/aromatic N) is 1. The largest absolute Gasteiger partial charge is 0.496 e. The highest BCUT2D eigenvalue weighted by atomic mass is 16.5. The molecule has 2 atom stereocenters. The van der Waals surface area contributed by atoms with Crippen molar-refractivity contribution in [3.8, 4) is 5.75 Å². The second-order valence-corrected chi connectivity index (χ2v) is 7.45. The third-order valence-electron chi connectivity index (χ3n) is 6.20. The number of amides is 1. The molecule has 1 amide bonds. The zero-order valence-corrected chi connectivity index (χ0v) is 14.4. The second kappa shape index (κ2) is 5.73. The van der Waals surface area contributed by atoms with E-state index in [0.717, 1.165) is 24.2 Å². The van der Waals surface area contributed by atoms with Crippen LogP contribution in [0.1, 0.15) is 24.8 Å². The van der Waals surface area contributed by atoms with Crippen LogP contribution in [0.15, 0.2) is 24.3 Å². The summed E-state index contributed by atoms with van der Waals surface area (Å²) in [6.07, 6.45) is 2.03. The monoisotopic (exact) mass is 345 g/mol. The number of methoxy groups -OCH3 is 1. The van der Waals surface area contributed by atoms with Crippen molar-refractivity contribution in [2.45, 2.75) is 24.7 Å². The number of carboxylic acids is 1. The van der Waals surface area contributed by atoms with Crippen LogP contribution in [0.25, 0.3) is 0 Å². The van der Waals surface area contributed by atoms with Gasteiger partial charge in [0, 0.05) is 31.2 Å². The molecule has 0 aromatic heterocycles. The molecule has 1 aliphatic carbocycles. The van der Waals surface area contributed by atoms with E-state index in [-0.39, 0.29) is 18.4 Å². The van der Waals surface area contributed by atoms with Crippen LogP contribution in [0.2, 0.25) is 0 Å². The lowest BCUT2D eigenvalue weighted by Gasteiger charge is -2.34. The van der Waals surface area contributed by atoms with E-state index in [1.165, 1.54) is 0 Å². The molecule has 1 saturated carbocycles. The summed E-state index contributed by atoms with van der Waals surface area (Å²) in [6.45, 7) is 1.61. The van der Waals surface area contributed by atoms with Crippen LogP contribution in [0.5, 0.6) is 5.75 Å². The second-order valence-electron chi connectivity index (χ2n) is 7.45. The number of carbonyl (C=O) groups is 2. The summed E-state index contributed by atoms with van der Waals surface area (Å²) < 4.78 is 10.9. The highest BCUT2D eigenvalue weighted by Crippen LogP contribution is 2.54. The lowest BCUT2D eigenvalue weighted by molar-refractivity contribution is -0.157. The predicted molar refractivity (Wildman–Crippen MR) is 89.5 cm³/mol. The predicted octanol–water partition coefficient (Wildman–Crippen LogP) is 1.68. The molecule has 3 aliphatic rings. The molecule has 1 aromatic rings. The Kier molecular flexibility index (Phi) is 3.76. The molecule has 2 aliphatic heterocycles. The van der Waals surface area contributed by atoms with Crippen molar-refractivity contribution in [3.05, 3.63) is 29.8 Å². The average Bonchev–Trinajstić information content (AvgIpc) is 3.34. The standard InChI is InChI=1S/C19H23NO5/c1-24-15-5-3-2-4-14(15)18(6-7-18)16(21)20-10-13-11-25-9-8-19(13,12-20)17(22)23/h2-5,13H,6-12H2,1H3,(H,22,23)/t13-,19+/m0/s1. The average molecular weight is 345 g/mol. The van der Waals surface area contributed by atoms with Gasteiger partial charge in [-0.1, -0.05) is 18.2 Å². The molecule has 4 rings (SSSR count). The van der Waals surface area contributed by atoms with Gasteiger partial charge in [0.2, 0.25) is 5.91 Å². The summed E-state index contributed by atoms with van der Waals surface area (Å²) in [4.78, 5) is 27.0. The minimum Gasteiger partial charge on any atom is -0.496 e. The fraction of sp³-hybridized carbons (Fsp3) is 0.579. The van der Waals surface area contributed by atoms with E-state index in [4.69, 9.17) is 9.47 Å². The summed E-state index contributed by atoms with van der Waals surface area (Å²) in [7, 11) is 1.61. The zero-order chi connectivity index (χ0) is 17.7. The highest BCUT2D eigenvalue weighted by molar-refractivity contribution is 5.93. The molecule has 2 heterocycles. The van der Waals surface area contributed by atoms with Crippen LogP contribution in [-0.2, 0) is 19.7 Å². The van der Waals surface area contributed by atoms with E-state index < -0.39 is 16.8 Å². The lowest BCUT2D eigenvalue weighted by atomic mass is 9.74. The van der Waals surface area contributed by atoms with Crippen molar-refractivity contribution in [1.29, 1.82) is 0 Å². The molecule has 0 radical (unpaired) electrons. The summed E-state index contributed by atoms with van der Waals surface area (Å²) in [5, 5.41) is 9.80. The molecule has 6 nitrogen and oxygen atoms in total. The van der Waals surface area contributed by atoms with Crippen molar-refractivity contribution < 1.29 is 24.2 Å². The van der Waals surface area contributed by atoms with Crippen LogP contribution < -0.4 is 4.74 Å². The van der Waals surface area contributed by atoms with E-state index in [9.17, 15) is 14.7 Å². The fourth-order valence-electron chi connectivity index (χ4n) is 4.52. The topological polar surface area (TPSA) is 76.1 Å². The molecule has 1 aromatic carbocycles. The Morgan fingerprint density at radius 1 is 1.28 bits per heavy atom. The van der Waals surface area contributed by atoms with Gasteiger partial charge in [-0.25, -0.2) is 0 Å². The van der Waals surface area contributed by atoms with Gasteiger partial charge in [-0.2, -0.15) is 0 Å². The molecule has 2 saturated heterocycles. The highest BCUT2D eigenvalue weighted by Gasteiger charge is 2.60. The maximum Gasteiger partial charge on any atom is 0.311 e. The van der Waals surface area contributed by atoms with Gasteiger partial charge in [0.15, 0.2) is 0 Å². The zero-order valence-electron chi connectivity index (χ0n) is 14.4. The summed E-state index contributed by atoms with van der Waals surface area (Å²) in [5.74, 6) is -0.178. The first-order chi connectivity index (χ1) is 12.0. The molecule has 3 fully saturated rings. The Bertz CT molecular complexity index is 714. The number of hydrogen-bond donors (Lipinski definition) is 1. The lowest BCUT2D eigenvalue weighted by Crippen LogP contribution is -2.45. The SMILES string of the molecule is COc1ccccc1C1(C(=O)N2C[C@H]3COCC[C@@]3(C(=O)O)C2)CC1. The third-order valence-corrected chi connectivity index (χ3v) is 6.20. The number of carboxylic acid groups (broad SMARTS) is 1. The van der Waals surface area contributed by atoms with E-state index in [2.05, 4.69) is 0 Å². The van der Waals surface area contributed by atoms with Crippen LogP contribution in [-0.4, -0.2) is 55.3 Å². The molecule has 134 valence electrons. The number of carbonyl (C=O) groups excluding carboxylic acids is 1. The number of benzene rings is 1. The Morgan fingerprint density at radius 2 is 2.04 bits per heavy atom. The molecular formula is C19H23NO5. The minimum atomic E-state index is -0.856. The summed E-state index contributed by atoms with van der Waals surface area (Å²) in [5.41, 5.74) is -0.496. The first-order valence-electron chi connectivity index (χ1n) is 8.77. The molecule has 25 heavy (non-hydrogen) atoms. The van der Waals surface area contributed by atoms with Crippen LogP contribution >= 0.6 is 0 Å². The van der Waals surface area contributed by atoms with Crippen LogP contribution in [0, 0.1) is 11.3 Å². The molecule has 0 bridgehead atoms. The molecule has 0 unspecified atom stereocenters. The molecule has 1 N–H and O–H groups in total. The van der Waals surface area contributed by atoms with Gasteiger partial charge >= 0.3 is 5.97 Å². The smallest absolute Gasteiger partial charge is 0.311 e. The van der Waals surface area contributed by atoms with Gasteiger partial charge in [0.1, 0.15) is 5.75 Å². The van der Waals surface area contributed by atoms with Gasteiger partial charge in [-0.05, 0) is 25.3 Å². The molecule has 6 heteroatoms. The minimum absolute atomic E-state index is 0.0343. The van der Waals surface area contributed by atoms with Crippen LogP contribution in [0.4, 0.5) is 0 Å². The maximum absolute atomic E-state index is 13.3. The Hall–Kier alpha value is -2.08. The number of ether oxygens (including phenoxy) is 2. The summed E-state index contributed by atoms with van der Waals surface area (Å²) in [6, 6.07) is 7.63. The van der Waals surface area contributed by atoms with Gasteiger partial charge in [-0.15, -0.1) is 0 Å². The number of rotatable bonds is 4. The van der Waals surface area contributed by atoms with Crippen LogP contribution in [0.3, 0.4) is 0 Å². The fourth-order valence-corrected chi connectivity index (χ4v) is 4.52. The number of hydrogen-bond acceptors (Lipinski definition) is 4. The number of fused-ring (bicyclic) bond motifs is 1. The van der Waals surface area contributed by atoms with Gasteiger partial charge < -0.3 is 19.5 Å². The van der Waals surface area contributed by atoms with E-state index in [1.54, 1.807) is 12.0 Å². The third kappa shape index (κ3) is 2.34. The Balaban J connectivity index is 1.63. The quantitative estimate of drug-likeness (QED) is 0.898. The van der Waals surface area contributed by atoms with Gasteiger partial charge in [0.25, 0.3) is 0 Å². The molecule has 0 spiro atoms. The number of para-hydroxylation sites is 1. The number of likely N-dealkylation sites (tertiary alicyclic amines) is 1. The number of aliphatic carboxylic acids is 1. The first kappa shape index (κ1) is 16.4. The van der Waals surface area contributed by atoms with E-state index in [1.807, 2.05) is 24.3 Å².